The SMILES string of the molecule is C=C/C=C\C(F)=C1/CN=C([C@H](CC)NC(=O)OC(C)(C)C)OC1=O. The molecule has 0 aromatic rings. The van der Waals surface area contributed by atoms with Crippen molar-refractivity contribution in [1.82, 2.24) is 5.32 Å². The molecule has 0 spiro atoms. The van der Waals surface area contributed by atoms with Crippen molar-refractivity contribution in [3.8, 4) is 0 Å². The van der Waals surface area contributed by atoms with E-state index in [4.69, 9.17) is 9.47 Å². The smallest absolute Gasteiger partial charge is 0.408 e. The van der Waals surface area contributed by atoms with Crippen LogP contribution in [0.1, 0.15) is 34.1 Å². The molecule has 7 heteroatoms. The van der Waals surface area contributed by atoms with E-state index in [1.165, 1.54) is 12.2 Å². The number of alkyl carbamates (subject to hydrolysis) is 1. The standard InChI is InChI=1S/C17H23FN2O4/c1-6-8-9-12(18)11-10-19-14(23-15(11)21)13(7-2)20-16(22)24-17(3,4)5/h6,8-9,13H,1,7,10H2,2-5H3,(H,20,22)/b9-8-,12-11-/t13-/m0/s1. The zero-order valence-corrected chi connectivity index (χ0v) is 14.4. The number of hydrogen-bond acceptors (Lipinski definition) is 5. The van der Waals surface area contributed by atoms with Gasteiger partial charge in [-0.05, 0) is 33.3 Å². The van der Waals surface area contributed by atoms with Crippen LogP contribution in [0.15, 0.2) is 41.2 Å². The number of esters is 1. The maximum Gasteiger partial charge on any atom is 0.408 e. The first-order valence-corrected chi connectivity index (χ1v) is 7.61. The average molecular weight is 338 g/mol. The number of rotatable bonds is 5. The molecule has 1 aliphatic heterocycles. The lowest BCUT2D eigenvalue weighted by molar-refractivity contribution is -0.132. The van der Waals surface area contributed by atoms with Gasteiger partial charge in [-0.2, -0.15) is 0 Å². The van der Waals surface area contributed by atoms with Gasteiger partial charge in [0.2, 0.25) is 5.90 Å². The third-order valence-electron chi connectivity index (χ3n) is 2.90. The fourth-order valence-electron chi connectivity index (χ4n) is 1.81. The highest BCUT2D eigenvalue weighted by Crippen LogP contribution is 2.17. The quantitative estimate of drug-likeness (QED) is 0.474. The number of cyclic esters (lactones) is 1. The maximum atomic E-state index is 13.8. The van der Waals surface area contributed by atoms with Crippen molar-refractivity contribution < 1.29 is 23.5 Å². The summed E-state index contributed by atoms with van der Waals surface area (Å²) in [4.78, 5) is 27.8. The number of ether oxygens (including phenoxy) is 2. The molecule has 0 aliphatic carbocycles. The Bertz CT molecular complexity index is 600. The van der Waals surface area contributed by atoms with Crippen LogP contribution in [-0.4, -0.2) is 36.1 Å². The molecule has 0 bridgehead atoms. The van der Waals surface area contributed by atoms with Gasteiger partial charge in [0.15, 0.2) is 0 Å². The van der Waals surface area contributed by atoms with Gasteiger partial charge < -0.3 is 14.8 Å². The summed E-state index contributed by atoms with van der Waals surface area (Å²) in [5, 5.41) is 2.59. The molecule has 1 rings (SSSR count). The summed E-state index contributed by atoms with van der Waals surface area (Å²) in [6.07, 6.45) is 3.66. The van der Waals surface area contributed by atoms with E-state index >= 15 is 0 Å². The van der Waals surface area contributed by atoms with Gasteiger partial charge in [-0.1, -0.05) is 25.7 Å². The molecule has 132 valence electrons. The number of carbonyl (C=O) groups excluding carboxylic acids is 2. The zero-order valence-electron chi connectivity index (χ0n) is 14.4. The van der Waals surface area contributed by atoms with E-state index in [0.717, 1.165) is 6.08 Å². The van der Waals surface area contributed by atoms with Crippen LogP contribution in [0, 0.1) is 0 Å². The van der Waals surface area contributed by atoms with Gasteiger partial charge in [-0.25, -0.2) is 19.0 Å². The van der Waals surface area contributed by atoms with Crippen LogP contribution in [0.25, 0.3) is 0 Å². The Kier molecular flexibility index (Phi) is 6.88. The Morgan fingerprint density at radius 1 is 1.54 bits per heavy atom. The van der Waals surface area contributed by atoms with E-state index < -0.39 is 29.5 Å². The normalized spacial score (nSPS) is 18.5. The number of aliphatic imine (C=N–C) groups is 1. The summed E-state index contributed by atoms with van der Waals surface area (Å²) in [5.41, 5.74) is -0.826. The minimum atomic E-state index is -0.823. The molecule has 6 nitrogen and oxygen atoms in total. The van der Waals surface area contributed by atoms with Crippen LogP contribution in [0.5, 0.6) is 0 Å². The molecule has 0 unspecified atom stereocenters. The van der Waals surface area contributed by atoms with Crippen LogP contribution in [-0.2, 0) is 14.3 Å². The van der Waals surface area contributed by atoms with E-state index in [1.54, 1.807) is 27.7 Å². The highest BCUT2D eigenvalue weighted by atomic mass is 19.1. The van der Waals surface area contributed by atoms with E-state index in [-0.39, 0.29) is 18.0 Å². The molecule has 0 aromatic heterocycles. The largest absolute Gasteiger partial charge is 0.444 e. The Hall–Kier alpha value is -2.44. The second-order valence-corrected chi connectivity index (χ2v) is 6.07. The molecule has 0 fully saturated rings. The highest BCUT2D eigenvalue weighted by Gasteiger charge is 2.29. The fourth-order valence-corrected chi connectivity index (χ4v) is 1.81. The minimum Gasteiger partial charge on any atom is -0.444 e. The number of nitrogens with one attached hydrogen (secondary N) is 1. The van der Waals surface area contributed by atoms with Crippen molar-refractivity contribution >= 4 is 18.0 Å². The third-order valence-corrected chi connectivity index (χ3v) is 2.90. The minimum absolute atomic E-state index is 0.0395. The second kappa shape index (κ2) is 8.42. The van der Waals surface area contributed by atoms with Crippen LogP contribution in [0.2, 0.25) is 0 Å². The van der Waals surface area contributed by atoms with E-state index in [9.17, 15) is 14.0 Å². The predicted octanol–water partition coefficient (Wildman–Crippen LogP) is 3.21. The Morgan fingerprint density at radius 2 is 2.21 bits per heavy atom. The summed E-state index contributed by atoms with van der Waals surface area (Å²) >= 11 is 0. The number of allylic oxidation sites excluding steroid dienone is 4. The first-order chi connectivity index (χ1) is 11.2. The van der Waals surface area contributed by atoms with Gasteiger partial charge in [0.1, 0.15) is 17.5 Å². The van der Waals surface area contributed by atoms with Crippen molar-refractivity contribution in [2.24, 2.45) is 4.99 Å². The monoisotopic (exact) mass is 338 g/mol. The van der Waals surface area contributed by atoms with Gasteiger partial charge in [-0.3, -0.25) is 0 Å². The molecular weight excluding hydrogens is 315 g/mol. The predicted molar refractivity (Wildman–Crippen MR) is 89.3 cm³/mol. The summed E-state index contributed by atoms with van der Waals surface area (Å²) in [6.45, 7) is 10.3. The summed E-state index contributed by atoms with van der Waals surface area (Å²) in [6, 6.07) is -0.628. The maximum absolute atomic E-state index is 13.8. The first-order valence-electron chi connectivity index (χ1n) is 7.61. The summed E-state index contributed by atoms with van der Waals surface area (Å²) in [7, 11) is 0. The molecule has 1 N–H and O–H groups in total. The molecule has 0 saturated heterocycles. The Morgan fingerprint density at radius 3 is 2.71 bits per heavy atom. The summed E-state index contributed by atoms with van der Waals surface area (Å²) < 4.78 is 24.0. The van der Waals surface area contributed by atoms with Gasteiger partial charge in [0.25, 0.3) is 0 Å². The number of halogens is 1. The topological polar surface area (TPSA) is 77.0 Å². The number of carbonyl (C=O) groups is 2. The van der Waals surface area contributed by atoms with E-state index in [0.29, 0.717) is 6.42 Å². The Balaban J connectivity index is 2.85. The van der Waals surface area contributed by atoms with Crippen molar-refractivity contribution in [3.63, 3.8) is 0 Å². The number of hydrogen-bond donors (Lipinski definition) is 1. The van der Waals surface area contributed by atoms with Crippen molar-refractivity contribution in [3.05, 3.63) is 36.2 Å². The molecule has 24 heavy (non-hydrogen) atoms. The first kappa shape index (κ1) is 19.6. The Labute approximate surface area is 141 Å². The van der Waals surface area contributed by atoms with Crippen molar-refractivity contribution in [2.45, 2.75) is 45.8 Å². The molecule has 1 aliphatic rings. The number of amides is 1. The van der Waals surface area contributed by atoms with Gasteiger partial charge in [-0.15, -0.1) is 0 Å². The van der Waals surface area contributed by atoms with Crippen LogP contribution in [0.3, 0.4) is 0 Å². The van der Waals surface area contributed by atoms with Crippen molar-refractivity contribution in [1.29, 1.82) is 0 Å². The summed E-state index contributed by atoms with van der Waals surface area (Å²) in [5.74, 6) is -1.51. The molecule has 1 amide bonds. The molecule has 0 aromatic carbocycles. The fraction of sp³-hybridized carbons (Fsp3) is 0.471. The van der Waals surface area contributed by atoms with Gasteiger partial charge in [0.05, 0.1) is 12.1 Å². The lowest BCUT2D eigenvalue weighted by atomic mass is 10.1. The third kappa shape index (κ3) is 5.98. The van der Waals surface area contributed by atoms with E-state index in [1.807, 2.05) is 0 Å². The molecule has 0 saturated carbocycles. The lowest BCUT2D eigenvalue weighted by Crippen LogP contribution is -2.45. The molecule has 1 heterocycles. The van der Waals surface area contributed by atoms with Crippen LogP contribution < -0.4 is 5.32 Å². The van der Waals surface area contributed by atoms with Gasteiger partial charge >= 0.3 is 12.1 Å². The van der Waals surface area contributed by atoms with Crippen molar-refractivity contribution in [2.75, 3.05) is 6.54 Å². The van der Waals surface area contributed by atoms with E-state index in [2.05, 4.69) is 16.9 Å². The van der Waals surface area contributed by atoms with Gasteiger partial charge in [0, 0.05) is 0 Å². The molecular formula is C17H23FN2O4. The van der Waals surface area contributed by atoms with Crippen LogP contribution in [0.4, 0.5) is 9.18 Å². The second-order valence-electron chi connectivity index (χ2n) is 6.07. The lowest BCUT2D eigenvalue weighted by Gasteiger charge is -2.25. The molecule has 1 atom stereocenters. The average Bonchev–Trinajstić information content (AvgIpc) is 2.48. The van der Waals surface area contributed by atoms with Crippen LogP contribution >= 0.6 is 0 Å². The zero-order chi connectivity index (χ0) is 18.3. The number of nitrogens with zero attached hydrogens (tertiary/aromatic N) is 1. The molecule has 0 radical (unpaired) electrons. The highest BCUT2D eigenvalue weighted by molar-refractivity contribution is 6.03.